The first-order chi connectivity index (χ1) is 16.3. The predicted octanol–water partition coefficient (Wildman–Crippen LogP) is 4.50. The highest BCUT2D eigenvalue weighted by atomic mass is 28.4. The SMILES string of the molecule is COC(=O)C1(N(C)C(=O)OC(C)(C)C)CC(O[Si](c2ccccc2)(c2ccccc2)C(C)(C)C)C1. The quantitative estimate of drug-likeness (QED) is 0.434. The van der Waals surface area contributed by atoms with E-state index in [-0.39, 0.29) is 11.1 Å². The van der Waals surface area contributed by atoms with Crippen molar-refractivity contribution in [3.05, 3.63) is 60.7 Å². The molecule has 190 valence electrons. The Morgan fingerprint density at radius 2 is 1.34 bits per heavy atom. The summed E-state index contributed by atoms with van der Waals surface area (Å²) in [6, 6.07) is 20.8. The monoisotopic (exact) mass is 497 g/mol. The topological polar surface area (TPSA) is 65.1 Å². The van der Waals surface area contributed by atoms with Crippen LogP contribution in [0, 0.1) is 0 Å². The maximum Gasteiger partial charge on any atom is 0.410 e. The number of likely N-dealkylation sites (N-methyl/N-ethyl adjacent to an activating group) is 1. The lowest BCUT2D eigenvalue weighted by Gasteiger charge is -2.54. The Morgan fingerprint density at radius 1 is 0.886 bits per heavy atom. The molecule has 1 aliphatic rings. The summed E-state index contributed by atoms with van der Waals surface area (Å²) in [5.74, 6) is -0.451. The van der Waals surface area contributed by atoms with Gasteiger partial charge in [0, 0.05) is 19.9 Å². The molecule has 0 spiro atoms. The van der Waals surface area contributed by atoms with Crippen LogP contribution in [0.2, 0.25) is 5.04 Å². The highest BCUT2D eigenvalue weighted by Crippen LogP contribution is 2.45. The zero-order chi connectivity index (χ0) is 26.1. The molecule has 3 rings (SSSR count). The van der Waals surface area contributed by atoms with E-state index < -0.39 is 31.5 Å². The average molecular weight is 498 g/mol. The molecule has 0 unspecified atom stereocenters. The molecule has 0 heterocycles. The molecule has 0 aliphatic heterocycles. The molecule has 0 saturated heterocycles. The van der Waals surface area contributed by atoms with Crippen molar-refractivity contribution >= 4 is 30.8 Å². The number of esters is 1. The molecule has 0 radical (unpaired) electrons. The smallest absolute Gasteiger partial charge is 0.410 e. The van der Waals surface area contributed by atoms with Gasteiger partial charge in [-0.3, -0.25) is 4.90 Å². The van der Waals surface area contributed by atoms with Gasteiger partial charge < -0.3 is 13.9 Å². The summed E-state index contributed by atoms with van der Waals surface area (Å²) in [7, 11) is 0.175. The molecule has 1 saturated carbocycles. The Morgan fingerprint density at radius 3 is 1.71 bits per heavy atom. The van der Waals surface area contributed by atoms with Crippen LogP contribution in [0.5, 0.6) is 0 Å². The van der Waals surface area contributed by atoms with Gasteiger partial charge in [-0.2, -0.15) is 0 Å². The Hall–Kier alpha value is -2.64. The molecule has 2 aromatic rings. The van der Waals surface area contributed by atoms with Crippen LogP contribution in [0.25, 0.3) is 0 Å². The third kappa shape index (κ3) is 5.16. The van der Waals surface area contributed by atoms with Crippen molar-refractivity contribution in [1.29, 1.82) is 0 Å². The number of ether oxygens (including phenoxy) is 2. The lowest BCUT2D eigenvalue weighted by Crippen LogP contribution is -2.72. The lowest BCUT2D eigenvalue weighted by molar-refractivity contribution is -0.167. The molecule has 0 atom stereocenters. The second-order valence-electron chi connectivity index (χ2n) is 11.4. The number of nitrogens with zero attached hydrogens (tertiary/aromatic N) is 1. The minimum absolute atomic E-state index is 0.184. The van der Waals surface area contributed by atoms with Crippen molar-refractivity contribution in [3.63, 3.8) is 0 Å². The number of carbonyl (C=O) groups excluding carboxylic acids is 2. The zero-order valence-corrected chi connectivity index (χ0v) is 23.3. The summed E-state index contributed by atoms with van der Waals surface area (Å²) in [4.78, 5) is 27.2. The van der Waals surface area contributed by atoms with Gasteiger partial charge in [0.25, 0.3) is 8.32 Å². The summed E-state index contributed by atoms with van der Waals surface area (Å²) >= 11 is 0. The van der Waals surface area contributed by atoms with E-state index in [1.807, 2.05) is 36.4 Å². The van der Waals surface area contributed by atoms with Crippen molar-refractivity contribution in [3.8, 4) is 0 Å². The fourth-order valence-corrected chi connectivity index (χ4v) is 9.67. The van der Waals surface area contributed by atoms with Gasteiger partial charge in [0.2, 0.25) is 0 Å². The highest BCUT2D eigenvalue weighted by Gasteiger charge is 2.61. The predicted molar refractivity (Wildman–Crippen MR) is 140 cm³/mol. The van der Waals surface area contributed by atoms with E-state index in [0.717, 1.165) is 0 Å². The Labute approximate surface area is 210 Å². The van der Waals surface area contributed by atoms with Gasteiger partial charge in [-0.25, -0.2) is 9.59 Å². The van der Waals surface area contributed by atoms with Crippen molar-refractivity contribution in [2.24, 2.45) is 0 Å². The minimum atomic E-state index is -2.78. The Bertz CT molecular complexity index is 981. The summed E-state index contributed by atoms with van der Waals surface area (Å²) < 4.78 is 17.8. The molecule has 0 bridgehead atoms. The number of carbonyl (C=O) groups is 2. The Balaban J connectivity index is 1.99. The van der Waals surface area contributed by atoms with Gasteiger partial charge >= 0.3 is 12.1 Å². The van der Waals surface area contributed by atoms with Crippen molar-refractivity contribution < 1.29 is 23.5 Å². The molecule has 1 amide bonds. The summed E-state index contributed by atoms with van der Waals surface area (Å²) in [6.45, 7) is 12.1. The molecule has 2 aromatic carbocycles. The first-order valence-corrected chi connectivity index (χ1v) is 14.0. The molecule has 1 fully saturated rings. The largest absolute Gasteiger partial charge is 0.467 e. The number of rotatable bonds is 6. The van der Waals surface area contributed by atoms with E-state index in [0.29, 0.717) is 12.8 Å². The summed E-state index contributed by atoms with van der Waals surface area (Å²) in [5.41, 5.74) is -1.79. The van der Waals surface area contributed by atoms with E-state index in [2.05, 4.69) is 45.0 Å². The zero-order valence-electron chi connectivity index (χ0n) is 22.3. The van der Waals surface area contributed by atoms with Crippen LogP contribution in [0.15, 0.2) is 60.7 Å². The fourth-order valence-electron chi connectivity index (χ4n) is 4.99. The van der Waals surface area contributed by atoms with Crippen LogP contribution < -0.4 is 10.4 Å². The normalized spacial score (nSPS) is 20.5. The number of methoxy groups -OCH3 is 1. The van der Waals surface area contributed by atoms with Crippen molar-refractivity contribution in [1.82, 2.24) is 4.90 Å². The third-order valence-corrected chi connectivity index (χ3v) is 11.9. The molecule has 0 aromatic heterocycles. The fraction of sp³-hybridized carbons (Fsp3) is 0.500. The number of hydrogen-bond acceptors (Lipinski definition) is 5. The van der Waals surface area contributed by atoms with Gasteiger partial charge in [0.15, 0.2) is 0 Å². The summed E-state index contributed by atoms with van der Waals surface area (Å²) in [5, 5.41) is 2.17. The molecular formula is C28H39NO5Si. The van der Waals surface area contributed by atoms with Crippen LogP contribution in [-0.4, -0.2) is 56.7 Å². The van der Waals surface area contributed by atoms with Gasteiger partial charge in [0.1, 0.15) is 11.1 Å². The second kappa shape index (κ2) is 9.78. The van der Waals surface area contributed by atoms with Crippen LogP contribution in [0.4, 0.5) is 4.79 Å². The molecular weight excluding hydrogens is 458 g/mol. The van der Waals surface area contributed by atoms with E-state index >= 15 is 0 Å². The van der Waals surface area contributed by atoms with Gasteiger partial charge in [0.05, 0.1) is 13.2 Å². The van der Waals surface area contributed by atoms with Crippen molar-refractivity contribution in [2.45, 2.75) is 76.7 Å². The maximum atomic E-state index is 13.0. The molecule has 6 nitrogen and oxygen atoms in total. The maximum absolute atomic E-state index is 13.0. The summed E-state index contributed by atoms with van der Waals surface area (Å²) in [6.07, 6.45) is -0.0723. The number of hydrogen-bond donors (Lipinski definition) is 0. The average Bonchev–Trinajstić information content (AvgIpc) is 2.77. The van der Waals surface area contributed by atoms with Crippen LogP contribution in [0.1, 0.15) is 54.4 Å². The first kappa shape index (κ1) is 27.0. The van der Waals surface area contributed by atoms with Crippen molar-refractivity contribution in [2.75, 3.05) is 14.2 Å². The van der Waals surface area contributed by atoms with E-state index in [4.69, 9.17) is 13.9 Å². The van der Waals surface area contributed by atoms with Crippen LogP contribution in [0.3, 0.4) is 0 Å². The number of benzene rings is 2. The molecule has 7 heteroatoms. The van der Waals surface area contributed by atoms with Gasteiger partial charge in [-0.15, -0.1) is 0 Å². The van der Waals surface area contributed by atoms with Crippen LogP contribution >= 0.6 is 0 Å². The second-order valence-corrected chi connectivity index (χ2v) is 15.6. The molecule has 35 heavy (non-hydrogen) atoms. The standard InChI is InChI=1S/C28H39NO5Si/c1-26(2,3)33-25(31)29(7)28(24(30)32-8)19-21(20-28)34-35(27(4,5)6,22-15-11-9-12-16-22)23-17-13-10-14-18-23/h9-18,21H,19-20H2,1-8H3. The third-order valence-electron chi connectivity index (χ3n) is 6.77. The van der Waals surface area contributed by atoms with Gasteiger partial charge in [-0.05, 0) is 36.2 Å². The minimum Gasteiger partial charge on any atom is -0.467 e. The van der Waals surface area contributed by atoms with Crippen LogP contribution in [-0.2, 0) is 18.7 Å². The number of amides is 1. The highest BCUT2D eigenvalue weighted by molar-refractivity contribution is 6.99. The van der Waals surface area contributed by atoms with E-state index in [9.17, 15) is 9.59 Å². The Kier molecular flexibility index (Phi) is 7.53. The molecule has 0 N–H and O–H groups in total. The van der Waals surface area contributed by atoms with Gasteiger partial charge in [-0.1, -0.05) is 81.4 Å². The lowest BCUT2D eigenvalue weighted by atomic mass is 9.73. The molecule has 1 aliphatic carbocycles. The van der Waals surface area contributed by atoms with E-state index in [1.54, 1.807) is 27.8 Å². The first-order valence-electron chi connectivity index (χ1n) is 12.1. The van der Waals surface area contributed by atoms with E-state index in [1.165, 1.54) is 22.4 Å².